The molecule has 1 N–H and O–H groups in total. The Kier molecular flexibility index (Phi) is 5.75. The van der Waals surface area contributed by atoms with Gasteiger partial charge in [0.15, 0.2) is 0 Å². The first-order valence-electron chi connectivity index (χ1n) is 9.72. The molecule has 28 heavy (non-hydrogen) atoms. The van der Waals surface area contributed by atoms with E-state index in [9.17, 15) is 14.3 Å². The highest BCUT2D eigenvalue weighted by molar-refractivity contribution is 6.24. The summed E-state index contributed by atoms with van der Waals surface area (Å²) in [7, 11) is 0. The van der Waals surface area contributed by atoms with E-state index in [1.807, 2.05) is 25.1 Å². The zero-order chi connectivity index (χ0) is 20.7. The maximum absolute atomic E-state index is 13.8. The Bertz CT molecular complexity index is 838. The molecule has 0 radical (unpaired) electrons. The number of hydrogen-bond donors (Lipinski definition) is 1. The van der Waals surface area contributed by atoms with Crippen LogP contribution < -0.4 is 0 Å². The summed E-state index contributed by atoms with van der Waals surface area (Å²) >= 11 is 6.79. The number of allylic oxidation sites excluding steroid dienone is 3. The van der Waals surface area contributed by atoms with Gasteiger partial charge >= 0.3 is 5.97 Å². The van der Waals surface area contributed by atoms with Crippen molar-refractivity contribution in [2.45, 2.75) is 70.5 Å². The normalized spacial score (nSPS) is 30.6. The number of halogens is 2. The van der Waals surface area contributed by atoms with Gasteiger partial charge in [-0.25, -0.2) is 4.39 Å². The van der Waals surface area contributed by atoms with Crippen molar-refractivity contribution in [1.82, 2.24) is 0 Å². The number of rotatable bonds is 3. The van der Waals surface area contributed by atoms with Crippen molar-refractivity contribution in [2.75, 3.05) is 0 Å². The molecule has 1 aliphatic heterocycles. The Morgan fingerprint density at radius 1 is 1.32 bits per heavy atom. The second kappa shape index (κ2) is 7.64. The average molecular weight is 407 g/mol. The molecular weight excluding hydrogens is 379 g/mol. The summed E-state index contributed by atoms with van der Waals surface area (Å²) in [6, 6.07) is 5.15. The van der Waals surface area contributed by atoms with Crippen molar-refractivity contribution in [1.29, 1.82) is 0 Å². The lowest BCUT2D eigenvalue weighted by Crippen LogP contribution is -2.34. The molecule has 1 heterocycles. The number of alkyl halides is 1. The highest BCUT2D eigenvalue weighted by Crippen LogP contribution is 2.51. The fourth-order valence-corrected chi connectivity index (χ4v) is 4.97. The van der Waals surface area contributed by atoms with Crippen LogP contribution in [-0.2, 0) is 9.53 Å². The van der Waals surface area contributed by atoms with Crippen molar-refractivity contribution < 1.29 is 19.0 Å². The lowest BCUT2D eigenvalue weighted by Gasteiger charge is -2.42. The molecule has 0 amide bonds. The quantitative estimate of drug-likeness (QED) is 0.545. The number of benzene rings is 1. The summed E-state index contributed by atoms with van der Waals surface area (Å²) < 4.78 is 19.2. The molecule has 2 unspecified atom stereocenters. The number of aliphatic hydroxyl groups is 1. The van der Waals surface area contributed by atoms with Gasteiger partial charge in [-0.3, -0.25) is 4.79 Å². The van der Waals surface area contributed by atoms with Gasteiger partial charge in [0.05, 0.1) is 12.5 Å². The van der Waals surface area contributed by atoms with Gasteiger partial charge in [0.2, 0.25) is 0 Å². The lowest BCUT2D eigenvalue weighted by atomic mass is 9.67. The smallest absolute Gasteiger partial charge is 0.309 e. The van der Waals surface area contributed by atoms with Crippen LogP contribution >= 0.6 is 11.6 Å². The third-order valence-electron chi connectivity index (χ3n) is 5.58. The molecule has 1 aromatic rings. The third kappa shape index (κ3) is 4.66. The van der Waals surface area contributed by atoms with Gasteiger partial charge in [-0.1, -0.05) is 26.0 Å². The SMILES string of the molecule is Cc1cc(C2=C(C=CC3C[C@@H](O)CC(=O)O3)C(C)(C)CC(C)(Cl)C2)ccc1F. The lowest BCUT2D eigenvalue weighted by molar-refractivity contribution is -0.156. The summed E-state index contributed by atoms with van der Waals surface area (Å²) in [6.07, 6.45) is 4.63. The maximum Gasteiger partial charge on any atom is 0.309 e. The molecule has 0 saturated carbocycles. The number of ether oxygens (including phenoxy) is 1. The van der Waals surface area contributed by atoms with Crippen LogP contribution in [0.1, 0.15) is 57.6 Å². The van der Waals surface area contributed by atoms with Gasteiger partial charge in [-0.05, 0) is 72.6 Å². The molecule has 3 rings (SSSR count). The number of esters is 1. The fraction of sp³-hybridized carbons (Fsp3) is 0.522. The molecular formula is C23H28ClFO3. The Labute approximate surface area is 171 Å². The van der Waals surface area contributed by atoms with Crippen molar-refractivity contribution in [3.05, 3.63) is 52.9 Å². The first kappa shape index (κ1) is 21.1. The molecule has 1 aliphatic carbocycles. The molecule has 0 aromatic heterocycles. The van der Waals surface area contributed by atoms with Crippen LogP contribution in [0.25, 0.3) is 5.57 Å². The van der Waals surface area contributed by atoms with E-state index in [0.717, 1.165) is 23.1 Å². The Morgan fingerprint density at radius 3 is 2.68 bits per heavy atom. The highest BCUT2D eigenvalue weighted by atomic mass is 35.5. The van der Waals surface area contributed by atoms with Gasteiger partial charge in [-0.2, -0.15) is 0 Å². The van der Waals surface area contributed by atoms with Crippen molar-refractivity contribution >= 4 is 23.1 Å². The van der Waals surface area contributed by atoms with E-state index in [1.165, 1.54) is 6.07 Å². The van der Waals surface area contributed by atoms with Gasteiger partial charge in [0.1, 0.15) is 11.9 Å². The second-order valence-corrected chi connectivity index (χ2v) is 9.90. The van der Waals surface area contributed by atoms with Gasteiger partial charge in [0, 0.05) is 11.3 Å². The largest absolute Gasteiger partial charge is 0.458 e. The topological polar surface area (TPSA) is 46.5 Å². The minimum absolute atomic E-state index is 0.0449. The number of carbonyl (C=O) groups excluding carboxylic acids is 1. The Morgan fingerprint density at radius 2 is 2.04 bits per heavy atom. The Balaban J connectivity index is 2.04. The summed E-state index contributed by atoms with van der Waals surface area (Å²) in [5.41, 5.74) is 3.53. The molecule has 3 nitrogen and oxygen atoms in total. The van der Waals surface area contributed by atoms with E-state index in [1.54, 1.807) is 13.0 Å². The summed E-state index contributed by atoms with van der Waals surface area (Å²) in [5.74, 6) is -0.610. The van der Waals surface area contributed by atoms with E-state index >= 15 is 0 Å². The molecule has 1 saturated heterocycles. The first-order valence-corrected chi connectivity index (χ1v) is 10.1. The number of hydrogen-bond acceptors (Lipinski definition) is 3. The van der Waals surface area contributed by atoms with Crippen LogP contribution in [-0.4, -0.2) is 28.2 Å². The zero-order valence-electron chi connectivity index (χ0n) is 16.9. The van der Waals surface area contributed by atoms with Gasteiger partial charge < -0.3 is 9.84 Å². The molecule has 1 fully saturated rings. The minimum atomic E-state index is -0.672. The summed E-state index contributed by atoms with van der Waals surface area (Å²) in [4.78, 5) is 11.2. The minimum Gasteiger partial charge on any atom is -0.458 e. The summed E-state index contributed by atoms with van der Waals surface area (Å²) in [5, 5.41) is 9.85. The molecule has 152 valence electrons. The van der Waals surface area contributed by atoms with Crippen LogP contribution in [0.5, 0.6) is 0 Å². The first-order chi connectivity index (χ1) is 13.0. The van der Waals surface area contributed by atoms with Crippen LogP contribution in [0.15, 0.2) is 35.9 Å². The monoisotopic (exact) mass is 406 g/mol. The zero-order valence-corrected chi connectivity index (χ0v) is 17.6. The molecule has 3 atom stereocenters. The van der Waals surface area contributed by atoms with Crippen LogP contribution in [0.3, 0.4) is 0 Å². The van der Waals surface area contributed by atoms with Gasteiger partial charge in [0.25, 0.3) is 0 Å². The molecule has 0 spiro atoms. The Hall–Kier alpha value is -1.65. The van der Waals surface area contributed by atoms with Crippen LogP contribution in [0, 0.1) is 18.2 Å². The number of cyclic esters (lactones) is 1. The number of aryl methyl sites for hydroxylation is 1. The summed E-state index contributed by atoms with van der Waals surface area (Å²) in [6.45, 7) is 8.08. The van der Waals surface area contributed by atoms with Crippen molar-refractivity contribution in [3.8, 4) is 0 Å². The van der Waals surface area contributed by atoms with Crippen molar-refractivity contribution in [3.63, 3.8) is 0 Å². The van der Waals surface area contributed by atoms with E-state index < -0.39 is 17.1 Å². The average Bonchev–Trinajstić information content (AvgIpc) is 2.53. The van der Waals surface area contributed by atoms with Crippen molar-refractivity contribution in [2.24, 2.45) is 5.41 Å². The molecule has 2 aliphatic rings. The van der Waals surface area contributed by atoms with E-state index in [0.29, 0.717) is 18.4 Å². The van der Waals surface area contributed by atoms with Crippen LogP contribution in [0.4, 0.5) is 4.39 Å². The molecule has 0 bridgehead atoms. The van der Waals surface area contributed by atoms with Gasteiger partial charge in [-0.15, -0.1) is 11.6 Å². The number of aliphatic hydroxyl groups excluding tert-OH is 1. The molecule has 5 heteroatoms. The predicted molar refractivity (Wildman–Crippen MR) is 110 cm³/mol. The maximum atomic E-state index is 13.8. The standard InChI is InChI=1S/C23H28ClFO3/c1-14-9-15(5-8-20(14)25)18-12-23(4,24)13-22(2,3)19(18)7-6-17-10-16(26)11-21(27)28-17/h5-9,16-17,26H,10-13H2,1-4H3/t16-,17?,23?/m1/s1. The molecule has 1 aromatic carbocycles. The second-order valence-electron chi connectivity index (χ2n) is 8.99. The highest BCUT2D eigenvalue weighted by Gasteiger charge is 2.40. The van der Waals surface area contributed by atoms with E-state index in [4.69, 9.17) is 16.3 Å². The fourth-order valence-electron chi connectivity index (χ4n) is 4.50. The van der Waals surface area contributed by atoms with Crippen LogP contribution in [0.2, 0.25) is 0 Å². The third-order valence-corrected chi connectivity index (χ3v) is 5.85. The number of carbonyl (C=O) groups is 1. The van der Waals surface area contributed by atoms with E-state index in [2.05, 4.69) is 13.8 Å². The van der Waals surface area contributed by atoms with E-state index in [-0.39, 0.29) is 23.6 Å². The predicted octanol–water partition coefficient (Wildman–Crippen LogP) is 5.33.